The van der Waals surface area contributed by atoms with Crippen molar-refractivity contribution in [3.05, 3.63) is 97.6 Å². The first-order valence-corrected chi connectivity index (χ1v) is 22.5. The topological polar surface area (TPSA) is 123 Å². The fourth-order valence-corrected chi connectivity index (χ4v) is 9.40. The van der Waals surface area contributed by atoms with E-state index in [1.165, 1.54) is 130 Å². The summed E-state index contributed by atoms with van der Waals surface area (Å²) < 4.78 is 20.3. The van der Waals surface area contributed by atoms with E-state index in [2.05, 4.69) is 128 Å². The van der Waals surface area contributed by atoms with E-state index in [4.69, 9.17) is 29.3 Å². The molecule has 4 aromatic carbocycles. The van der Waals surface area contributed by atoms with Crippen molar-refractivity contribution in [2.45, 2.75) is 65.5 Å². The van der Waals surface area contributed by atoms with Crippen LogP contribution in [-0.4, -0.2) is 84.4 Å². The second-order valence-corrected chi connectivity index (χ2v) is 17.0. The molecule has 4 aromatic heterocycles. The van der Waals surface area contributed by atoms with Gasteiger partial charge in [0, 0.05) is 81.8 Å². The van der Waals surface area contributed by atoms with Crippen molar-refractivity contribution in [3.8, 4) is 11.5 Å². The van der Waals surface area contributed by atoms with Gasteiger partial charge in [-0.25, -0.2) is 9.13 Å². The molecule has 2 aliphatic rings. The van der Waals surface area contributed by atoms with Gasteiger partial charge >= 0.3 is 0 Å². The second-order valence-electron chi connectivity index (χ2n) is 17.0. The van der Waals surface area contributed by atoms with Crippen LogP contribution in [0.15, 0.2) is 97.6 Å². The number of methoxy groups -OCH3 is 2. The number of carbonyl (C=O) groups is 2. The van der Waals surface area contributed by atoms with Gasteiger partial charge in [0.15, 0.2) is 37.9 Å². The third-order valence-electron chi connectivity index (χ3n) is 12.6. The Balaban J connectivity index is 0.000000164. The molecule has 10 rings (SSSR count). The van der Waals surface area contributed by atoms with E-state index in [9.17, 15) is 0 Å². The summed E-state index contributed by atoms with van der Waals surface area (Å²) >= 11 is 0. The molecule has 0 saturated carbocycles. The van der Waals surface area contributed by atoms with Gasteiger partial charge in [0.05, 0.1) is 38.1 Å². The van der Waals surface area contributed by atoms with Gasteiger partial charge in [0.25, 0.3) is 0 Å². The molecule has 0 atom stereocenters. The van der Waals surface area contributed by atoms with E-state index in [1.807, 2.05) is 12.1 Å². The van der Waals surface area contributed by atoms with Crippen LogP contribution in [0, 0.1) is 0 Å². The summed E-state index contributed by atoms with van der Waals surface area (Å²) in [5.74, 6) is -0.350. The van der Waals surface area contributed by atoms with Gasteiger partial charge in [-0.3, -0.25) is 9.80 Å². The highest BCUT2D eigenvalue weighted by Crippen LogP contribution is 2.37. The van der Waals surface area contributed by atoms with Gasteiger partial charge in [-0.15, -0.1) is 0 Å². The molecular formula is C52H62N6O6. The quantitative estimate of drug-likeness (QED) is 0.170. The van der Waals surface area contributed by atoms with Crippen molar-refractivity contribution in [3.63, 3.8) is 0 Å². The molecule has 2 aliphatic heterocycles. The molecular weight excluding hydrogens is 805 g/mol. The number of aliphatic carboxylic acids is 2. The van der Waals surface area contributed by atoms with Crippen LogP contribution in [0.3, 0.4) is 0 Å². The lowest BCUT2D eigenvalue weighted by molar-refractivity contribution is -0.695. The van der Waals surface area contributed by atoms with E-state index in [0.717, 1.165) is 51.5 Å². The number of ether oxygens (including phenoxy) is 2. The number of pyridine rings is 2. The molecule has 64 heavy (non-hydrogen) atoms. The number of nitrogens with zero attached hydrogens (tertiary/aromatic N) is 6. The summed E-state index contributed by atoms with van der Waals surface area (Å²) in [6.45, 7) is 11.3. The monoisotopic (exact) mass is 866 g/mol. The summed E-state index contributed by atoms with van der Waals surface area (Å²) in [5.41, 5.74) is 5.02. The molecule has 0 unspecified atom stereocenters. The van der Waals surface area contributed by atoms with Gasteiger partial charge in [-0.1, -0.05) is 25.0 Å². The maximum absolute atomic E-state index is 8.89. The molecule has 0 N–H and O–H groups in total. The summed E-state index contributed by atoms with van der Waals surface area (Å²) in [6, 6.07) is 26.2. The van der Waals surface area contributed by atoms with Crippen LogP contribution in [0.2, 0.25) is 0 Å². The van der Waals surface area contributed by atoms with Crippen LogP contribution < -0.4 is 28.8 Å². The van der Waals surface area contributed by atoms with Crippen molar-refractivity contribution in [2.24, 2.45) is 14.1 Å². The Bertz CT molecular complexity index is 2700. The van der Waals surface area contributed by atoms with E-state index in [-0.39, 0.29) is 0 Å². The fraction of sp³-hybridized carbons (Fsp3) is 0.385. The smallest absolute Gasteiger partial charge is 0.177 e. The predicted octanol–water partition coefficient (Wildman–Crippen LogP) is 6.05. The van der Waals surface area contributed by atoms with Gasteiger partial charge in [-0.05, 0) is 125 Å². The van der Waals surface area contributed by atoms with Crippen LogP contribution in [0.5, 0.6) is 11.5 Å². The number of carboxylic acids is 2. The van der Waals surface area contributed by atoms with Crippen LogP contribution in [0.1, 0.15) is 52.4 Å². The van der Waals surface area contributed by atoms with E-state index >= 15 is 0 Å². The molecule has 0 bridgehead atoms. The van der Waals surface area contributed by atoms with Crippen molar-refractivity contribution in [1.82, 2.24) is 18.9 Å². The van der Waals surface area contributed by atoms with Gasteiger partial charge in [-0.2, -0.15) is 0 Å². The average molecular weight is 867 g/mol. The largest absolute Gasteiger partial charge is 0.550 e. The molecule has 0 radical (unpaired) electrons. The number of piperidine rings is 2. The number of likely N-dealkylation sites (tertiary alicyclic amines) is 2. The zero-order valence-corrected chi connectivity index (χ0v) is 38.3. The Morgan fingerprint density at radius 3 is 1.25 bits per heavy atom. The lowest BCUT2D eigenvalue weighted by atomic mass is 10.1. The summed E-state index contributed by atoms with van der Waals surface area (Å²) in [6.07, 6.45) is 17.3. The summed E-state index contributed by atoms with van der Waals surface area (Å²) in [5, 5.41) is 28.2. The number of carbonyl (C=O) groups excluding carboxylic acids is 2. The minimum Gasteiger partial charge on any atom is -0.550 e. The average Bonchev–Trinajstić information content (AvgIpc) is 3.76. The highest BCUT2D eigenvalue weighted by Gasteiger charge is 2.18. The van der Waals surface area contributed by atoms with Gasteiger partial charge in [0.1, 0.15) is 11.5 Å². The number of aryl methyl sites for hydroxylation is 2. The molecule has 0 aliphatic carbocycles. The van der Waals surface area contributed by atoms with E-state index in [1.54, 1.807) is 14.2 Å². The standard InChI is InChI=1S/2C24H28N3O.2C2H4O2/c2*1-25-22-9-7-19(28-2)16-20(22)24-21-17-27(13-10-18(21)6-8-23(24)25)15-14-26-11-4-3-5-12-26;2*1-2(3)4/h2*6-10,13,16-17H,3-5,11-12,14-15H2,1-2H3;2*1H3,(H,3,4)/q2*+1;;/p-2. The Kier molecular flexibility index (Phi) is 15.0. The fourth-order valence-electron chi connectivity index (χ4n) is 9.40. The third kappa shape index (κ3) is 10.6. The maximum Gasteiger partial charge on any atom is 0.177 e. The Morgan fingerprint density at radius 2 is 0.891 bits per heavy atom. The Hall–Kier alpha value is -6.24. The number of fused-ring (bicyclic) bond motifs is 10. The minimum absolute atomic E-state index is 0.908. The second kappa shape index (κ2) is 21.0. The van der Waals surface area contributed by atoms with Crippen molar-refractivity contribution in [2.75, 3.05) is 53.5 Å². The zero-order valence-electron chi connectivity index (χ0n) is 38.3. The van der Waals surface area contributed by atoms with E-state index in [0.29, 0.717) is 0 Å². The minimum atomic E-state index is -1.08. The third-order valence-corrected chi connectivity index (χ3v) is 12.6. The first-order chi connectivity index (χ1) is 30.9. The van der Waals surface area contributed by atoms with Crippen LogP contribution >= 0.6 is 0 Å². The number of hydrogen-bond acceptors (Lipinski definition) is 8. The molecule has 12 heteroatoms. The van der Waals surface area contributed by atoms with Crippen molar-refractivity contribution in [1.29, 1.82) is 0 Å². The van der Waals surface area contributed by atoms with E-state index < -0.39 is 11.9 Å². The number of benzene rings is 4. The molecule has 8 aromatic rings. The van der Waals surface area contributed by atoms with Crippen LogP contribution in [0.4, 0.5) is 0 Å². The first-order valence-electron chi connectivity index (χ1n) is 22.5. The SMILES string of the molecule is CC(=O)[O-].CC(=O)[O-].COc1ccc2c(c1)c1c3c[n+](CCN4CCCCC4)ccc3ccc1n2C.COc1ccc2c(c1)c1c3c[n+](CCN4CCCCC4)ccc3ccc1n2C. The predicted molar refractivity (Wildman–Crippen MR) is 251 cm³/mol. The molecule has 12 nitrogen and oxygen atoms in total. The molecule has 2 fully saturated rings. The molecule has 2 saturated heterocycles. The highest BCUT2D eigenvalue weighted by molar-refractivity contribution is 6.21. The molecule has 0 amide bonds. The maximum atomic E-state index is 8.89. The number of hydrogen-bond donors (Lipinski definition) is 0. The Labute approximate surface area is 375 Å². The molecule has 336 valence electrons. The zero-order chi connectivity index (χ0) is 45.3. The Morgan fingerprint density at radius 1 is 0.531 bits per heavy atom. The van der Waals surface area contributed by atoms with Crippen molar-refractivity contribution < 1.29 is 38.4 Å². The summed E-state index contributed by atoms with van der Waals surface area (Å²) in [4.78, 5) is 23.0. The highest BCUT2D eigenvalue weighted by atomic mass is 16.5. The first kappa shape index (κ1) is 45.8. The molecule has 6 heterocycles. The lowest BCUT2D eigenvalue weighted by Gasteiger charge is -2.24. The molecule has 0 spiro atoms. The van der Waals surface area contributed by atoms with Crippen LogP contribution in [-0.2, 0) is 36.8 Å². The van der Waals surface area contributed by atoms with Gasteiger partial charge < -0.3 is 38.4 Å². The number of carboxylic acid groups (broad SMARTS) is 2. The number of aromatic nitrogens is 4. The van der Waals surface area contributed by atoms with Crippen molar-refractivity contribution >= 4 is 77.1 Å². The number of rotatable bonds is 8. The normalized spacial score (nSPS) is 14.5. The lowest BCUT2D eigenvalue weighted by Crippen LogP contribution is -2.41. The van der Waals surface area contributed by atoms with Gasteiger partial charge in [0.2, 0.25) is 0 Å². The van der Waals surface area contributed by atoms with Crippen LogP contribution in [0.25, 0.3) is 65.2 Å². The summed E-state index contributed by atoms with van der Waals surface area (Å²) in [7, 11) is 7.77.